The lowest BCUT2D eigenvalue weighted by atomic mass is 10.1. The van der Waals surface area contributed by atoms with Crippen molar-refractivity contribution < 1.29 is 8.42 Å². The fraction of sp³-hybridized carbons (Fsp3) is 0.474. The minimum absolute atomic E-state index is 0.0126. The minimum atomic E-state index is -3.25. The molecule has 4 rings (SSSR count). The van der Waals surface area contributed by atoms with Crippen molar-refractivity contribution in [3.05, 3.63) is 30.9 Å². The van der Waals surface area contributed by atoms with E-state index in [4.69, 9.17) is 0 Å². The predicted molar refractivity (Wildman–Crippen MR) is 112 cm³/mol. The minimum Gasteiger partial charge on any atom is -0.365 e. The topological polar surface area (TPSA) is 117 Å². The molecule has 0 saturated carbocycles. The summed E-state index contributed by atoms with van der Waals surface area (Å²) in [5.41, 5.74) is 2.65. The van der Waals surface area contributed by atoms with Gasteiger partial charge >= 0.3 is 0 Å². The first-order valence-electron chi connectivity index (χ1n) is 9.78. The van der Waals surface area contributed by atoms with Gasteiger partial charge in [0.25, 0.3) is 0 Å². The van der Waals surface area contributed by atoms with Crippen molar-refractivity contribution in [1.29, 1.82) is 0 Å². The predicted octanol–water partition coefficient (Wildman–Crippen LogP) is 2.28. The average molecular weight is 416 g/mol. The van der Waals surface area contributed by atoms with Crippen LogP contribution < -0.4 is 5.32 Å². The molecule has 0 radical (unpaired) electrons. The van der Waals surface area contributed by atoms with E-state index in [1.165, 1.54) is 0 Å². The van der Waals surface area contributed by atoms with Crippen LogP contribution in [0.3, 0.4) is 0 Å². The molecule has 10 heteroatoms. The number of anilines is 1. The molecule has 154 valence electrons. The zero-order valence-corrected chi connectivity index (χ0v) is 17.4. The molecule has 3 aromatic heterocycles. The van der Waals surface area contributed by atoms with E-state index in [0.29, 0.717) is 35.9 Å². The number of hydrogen-bond donors (Lipinski definition) is 2. The van der Waals surface area contributed by atoms with Gasteiger partial charge in [0.2, 0.25) is 10.0 Å². The highest BCUT2D eigenvalue weighted by Crippen LogP contribution is 2.27. The zero-order chi connectivity index (χ0) is 20.4. The van der Waals surface area contributed by atoms with Gasteiger partial charge in [-0.15, -0.1) is 0 Å². The highest BCUT2D eigenvalue weighted by Gasteiger charge is 2.29. The van der Waals surface area contributed by atoms with Crippen molar-refractivity contribution in [2.45, 2.75) is 32.7 Å². The molecule has 0 aliphatic carbocycles. The van der Waals surface area contributed by atoms with E-state index in [2.05, 4.69) is 30.2 Å². The number of aromatic amines is 1. The first kappa shape index (κ1) is 19.7. The molecular weight excluding hydrogens is 390 g/mol. The molecule has 9 nitrogen and oxygen atoms in total. The van der Waals surface area contributed by atoms with E-state index >= 15 is 0 Å². The molecule has 2 N–H and O–H groups in total. The molecule has 0 bridgehead atoms. The summed E-state index contributed by atoms with van der Waals surface area (Å²) in [5.74, 6) is 0.949. The average Bonchev–Trinajstić information content (AvgIpc) is 3.15. The summed E-state index contributed by atoms with van der Waals surface area (Å²) < 4.78 is 26.9. The summed E-state index contributed by atoms with van der Waals surface area (Å²) in [6.45, 7) is 4.86. The van der Waals surface area contributed by atoms with Gasteiger partial charge in [-0.3, -0.25) is 0 Å². The van der Waals surface area contributed by atoms with Gasteiger partial charge in [0.05, 0.1) is 24.0 Å². The van der Waals surface area contributed by atoms with Crippen molar-refractivity contribution in [2.75, 3.05) is 24.2 Å². The van der Waals surface area contributed by atoms with Crippen molar-refractivity contribution in [3.8, 4) is 11.3 Å². The number of nitrogens with one attached hydrogen (secondary N) is 2. The van der Waals surface area contributed by atoms with Crippen LogP contribution in [0.1, 0.15) is 26.7 Å². The molecule has 4 heterocycles. The van der Waals surface area contributed by atoms with Gasteiger partial charge in [-0.25, -0.2) is 28.4 Å². The van der Waals surface area contributed by atoms with Gasteiger partial charge in [0, 0.05) is 30.9 Å². The Morgan fingerprint density at radius 1 is 1.31 bits per heavy atom. The van der Waals surface area contributed by atoms with Crippen molar-refractivity contribution in [1.82, 2.24) is 29.2 Å². The van der Waals surface area contributed by atoms with Crippen molar-refractivity contribution >= 4 is 27.1 Å². The number of sulfonamides is 1. The molecule has 1 saturated heterocycles. The van der Waals surface area contributed by atoms with E-state index in [9.17, 15) is 8.42 Å². The molecule has 1 unspecified atom stereocenters. The quantitative estimate of drug-likeness (QED) is 0.634. The fourth-order valence-corrected chi connectivity index (χ4v) is 5.48. The van der Waals surface area contributed by atoms with Gasteiger partial charge in [0.15, 0.2) is 11.3 Å². The maximum Gasteiger partial charge on any atom is 0.214 e. The van der Waals surface area contributed by atoms with Crippen LogP contribution >= 0.6 is 0 Å². The van der Waals surface area contributed by atoms with Crippen molar-refractivity contribution in [3.63, 3.8) is 0 Å². The smallest absolute Gasteiger partial charge is 0.214 e. The lowest BCUT2D eigenvalue weighted by Crippen LogP contribution is -2.46. The Labute approximate surface area is 170 Å². The van der Waals surface area contributed by atoms with Crippen LogP contribution in [0.2, 0.25) is 0 Å². The van der Waals surface area contributed by atoms with Crippen LogP contribution in [0.4, 0.5) is 5.82 Å². The van der Waals surface area contributed by atoms with Crippen LogP contribution in [0, 0.1) is 5.92 Å². The van der Waals surface area contributed by atoms with Gasteiger partial charge in [0.1, 0.15) is 5.82 Å². The lowest BCUT2D eigenvalue weighted by molar-refractivity contribution is 0.325. The monoisotopic (exact) mass is 415 g/mol. The third kappa shape index (κ3) is 4.38. The summed E-state index contributed by atoms with van der Waals surface area (Å²) in [7, 11) is -3.25. The molecule has 1 atom stereocenters. The summed E-state index contributed by atoms with van der Waals surface area (Å²) in [5, 5.41) is 3.43. The number of hydrogen-bond acceptors (Lipinski definition) is 7. The summed E-state index contributed by atoms with van der Waals surface area (Å²) in [4.78, 5) is 20.5. The Morgan fingerprint density at radius 2 is 2.17 bits per heavy atom. The summed E-state index contributed by atoms with van der Waals surface area (Å²) in [6.07, 6.45) is 6.65. The summed E-state index contributed by atoms with van der Waals surface area (Å²) in [6, 6.07) is 3.76. The Morgan fingerprint density at radius 3 is 3.00 bits per heavy atom. The van der Waals surface area contributed by atoms with Crippen LogP contribution in [-0.2, 0) is 10.0 Å². The molecular formula is C19H25N7O2S. The molecule has 29 heavy (non-hydrogen) atoms. The van der Waals surface area contributed by atoms with Gasteiger partial charge in [-0.1, -0.05) is 13.8 Å². The molecule has 0 spiro atoms. The normalized spacial score (nSPS) is 18.4. The van der Waals surface area contributed by atoms with E-state index in [-0.39, 0.29) is 17.7 Å². The summed E-state index contributed by atoms with van der Waals surface area (Å²) >= 11 is 0. The molecule has 3 aromatic rings. The number of rotatable bonds is 6. The Hall–Kier alpha value is -2.59. The second-order valence-electron chi connectivity index (χ2n) is 7.74. The molecule has 1 fully saturated rings. The molecule has 1 aliphatic heterocycles. The van der Waals surface area contributed by atoms with E-state index in [0.717, 1.165) is 18.4 Å². The van der Waals surface area contributed by atoms with E-state index in [1.807, 2.05) is 26.0 Å². The first-order valence-corrected chi connectivity index (χ1v) is 11.4. The third-order valence-corrected chi connectivity index (χ3v) is 7.09. The number of nitrogens with zero attached hydrogens (tertiary/aromatic N) is 5. The molecule has 1 aliphatic rings. The third-order valence-electron chi connectivity index (χ3n) is 4.89. The van der Waals surface area contributed by atoms with Crippen LogP contribution in [0.15, 0.2) is 30.9 Å². The highest BCUT2D eigenvalue weighted by atomic mass is 32.2. The Kier molecular flexibility index (Phi) is 5.46. The van der Waals surface area contributed by atoms with E-state index < -0.39 is 10.0 Å². The Bertz CT molecular complexity index is 1100. The molecule has 0 amide bonds. The van der Waals surface area contributed by atoms with Crippen LogP contribution in [0.5, 0.6) is 0 Å². The largest absolute Gasteiger partial charge is 0.365 e. The number of pyridine rings is 1. The maximum absolute atomic E-state index is 12.6. The lowest BCUT2D eigenvalue weighted by Gasteiger charge is -2.33. The second-order valence-corrected chi connectivity index (χ2v) is 9.76. The maximum atomic E-state index is 12.6. The number of imidazole rings is 1. The van der Waals surface area contributed by atoms with Crippen LogP contribution in [-0.4, -0.2) is 62.5 Å². The second kappa shape index (κ2) is 8.03. The number of aromatic nitrogens is 5. The number of H-pyrrole nitrogens is 1. The van der Waals surface area contributed by atoms with Gasteiger partial charge < -0.3 is 10.3 Å². The zero-order valence-electron chi connectivity index (χ0n) is 16.5. The van der Waals surface area contributed by atoms with Crippen molar-refractivity contribution in [2.24, 2.45) is 5.92 Å². The number of piperidine rings is 1. The van der Waals surface area contributed by atoms with E-state index in [1.54, 1.807) is 23.0 Å². The molecule has 0 aromatic carbocycles. The van der Waals surface area contributed by atoms with Gasteiger partial charge in [-0.2, -0.15) is 4.31 Å². The fourth-order valence-electron chi connectivity index (χ4n) is 3.62. The van der Waals surface area contributed by atoms with Crippen LogP contribution in [0.25, 0.3) is 22.6 Å². The highest BCUT2D eigenvalue weighted by molar-refractivity contribution is 7.89. The Balaban J connectivity index is 1.55. The standard InChI is InChI=1S/C19H25N7O2S/c1-13(2)11-29(27,28)26-8-4-5-14(10-26)24-17-15(6-3-7-20-17)16-9-21-18-19(25-16)23-12-22-18/h3,6-7,9,12-14H,4-5,8,10-11H2,1-2H3,(H,20,24)(H,21,22,23,25). The first-order chi connectivity index (χ1) is 13.9. The number of fused-ring (bicyclic) bond motifs is 1. The SMILES string of the molecule is CC(C)CS(=O)(=O)N1CCCC(Nc2ncccc2-c2cnc3[nH]cnc3n2)C1. The van der Waals surface area contributed by atoms with Gasteiger partial charge in [-0.05, 0) is 30.9 Å².